The molecule has 0 saturated heterocycles. The molecule has 2 aromatic carbocycles. The minimum absolute atomic E-state index is 0.00461. The molecule has 1 unspecified atom stereocenters. The molecule has 0 fully saturated rings. The maximum atomic E-state index is 12.6. The Balaban J connectivity index is 1.93. The van der Waals surface area contributed by atoms with Crippen molar-refractivity contribution in [3.05, 3.63) is 65.7 Å². The standard InChI is InChI=1S/C22H30N2O3S/c1-17(19-8-6-5-7-9-19)24-28(26,27)20-13-10-18(11-14-20)12-15-21(25)23-16-22(2,3)4/h5-11,13-14,17,24H,12,15-16H2,1-4H3,(H,23,25). The summed E-state index contributed by atoms with van der Waals surface area (Å²) in [5.74, 6) is 0.00461. The van der Waals surface area contributed by atoms with Crippen LogP contribution in [0.15, 0.2) is 59.5 Å². The molecule has 2 aromatic rings. The third kappa shape index (κ3) is 7.09. The van der Waals surface area contributed by atoms with Gasteiger partial charge < -0.3 is 5.32 Å². The number of hydrogen-bond acceptors (Lipinski definition) is 3. The van der Waals surface area contributed by atoms with Crippen molar-refractivity contribution in [3.8, 4) is 0 Å². The van der Waals surface area contributed by atoms with E-state index in [4.69, 9.17) is 0 Å². The largest absolute Gasteiger partial charge is 0.356 e. The Morgan fingerprint density at radius 1 is 1.00 bits per heavy atom. The van der Waals surface area contributed by atoms with Gasteiger partial charge in [-0.25, -0.2) is 13.1 Å². The highest BCUT2D eigenvalue weighted by Gasteiger charge is 2.18. The number of hydrogen-bond donors (Lipinski definition) is 2. The highest BCUT2D eigenvalue weighted by molar-refractivity contribution is 7.89. The van der Waals surface area contributed by atoms with Gasteiger partial charge in [0.15, 0.2) is 0 Å². The van der Waals surface area contributed by atoms with Gasteiger partial charge in [0, 0.05) is 19.0 Å². The summed E-state index contributed by atoms with van der Waals surface area (Å²) in [6.07, 6.45) is 0.954. The average molecular weight is 403 g/mol. The second-order valence-electron chi connectivity index (χ2n) is 8.23. The Labute approximate surface area is 168 Å². The van der Waals surface area contributed by atoms with E-state index in [1.54, 1.807) is 24.3 Å². The monoisotopic (exact) mass is 402 g/mol. The number of amides is 1. The summed E-state index contributed by atoms with van der Waals surface area (Å²) >= 11 is 0. The normalized spacial score (nSPS) is 13.1. The molecule has 5 nitrogen and oxygen atoms in total. The molecule has 0 heterocycles. The molecule has 6 heteroatoms. The summed E-state index contributed by atoms with van der Waals surface area (Å²) in [5.41, 5.74) is 1.89. The molecule has 0 radical (unpaired) electrons. The molecule has 1 atom stereocenters. The molecule has 2 N–H and O–H groups in total. The number of sulfonamides is 1. The molecule has 0 saturated carbocycles. The van der Waals surface area contributed by atoms with Gasteiger partial charge in [-0.2, -0.15) is 0 Å². The molecular formula is C22H30N2O3S. The van der Waals surface area contributed by atoms with Gasteiger partial charge in [0.1, 0.15) is 0 Å². The number of carbonyl (C=O) groups excluding carboxylic acids is 1. The fourth-order valence-electron chi connectivity index (χ4n) is 2.66. The van der Waals surface area contributed by atoms with Gasteiger partial charge in [-0.15, -0.1) is 0 Å². The van der Waals surface area contributed by atoms with Crippen LogP contribution in [-0.4, -0.2) is 20.9 Å². The summed E-state index contributed by atoms with van der Waals surface area (Å²) in [5, 5.41) is 2.92. The van der Waals surface area contributed by atoms with Crippen LogP contribution in [0.25, 0.3) is 0 Å². The number of benzene rings is 2. The lowest BCUT2D eigenvalue weighted by Gasteiger charge is -2.18. The molecular weight excluding hydrogens is 372 g/mol. The number of aryl methyl sites for hydroxylation is 1. The Morgan fingerprint density at radius 2 is 1.61 bits per heavy atom. The summed E-state index contributed by atoms with van der Waals surface area (Å²) in [4.78, 5) is 12.1. The first-order chi connectivity index (χ1) is 13.1. The van der Waals surface area contributed by atoms with Crippen molar-refractivity contribution in [2.24, 2.45) is 5.41 Å². The van der Waals surface area contributed by atoms with E-state index in [1.165, 1.54) is 0 Å². The van der Waals surface area contributed by atoms with Crippen LogP contribution in [0.1, 0.15) is 51.3 Å². The lowest BCUT2D eigenvalue weighted by atomic mass is 9.97. The average Bonchev–Trinajstić information content (AvgIpc) is 2.65. The molecule has 1 amide bonds. The van der Waals surface area contributed by atoms with E-state index in [1.807, 2.05) is 37.3 Å². The smallest absolute Gasteiger partial charge is 0.241 e. The van der Waals surface area contributed by atoms with Crippen LogP contribution >= 0.6 is 0 Å². The van der Waals surface area contributed by atoms with Crippen LogP contribution in [0.3, 0.4) is 0 Å². The molecule has 28 heavy (non-hydrogen) atoms. The zero-order valence-corrected chi connectivity index (χ0v) is 17.8. The van der Waals surface area contributed by atoms with Gasteiger partial charge in [0.05, 0.1) is 4.90 Å². The van der Waals surface area contributed by atoms with Crippen LogP contribution in [-0.2, 0) is 21.2 Å². The summed E-state index contributed by atoms with van der Waals surface area (Å²) in [6, 6.07) is 15.8. The van der Waals surface area contributed by atoms with Gasteiger partial charge in [0.25, 0.3) is 0 Å². The molecule has 2 rings (SSSR count). The van der Waals surface area contributed by atoms with Crippen molar-refractivity contribution in [1.82, 2.24) is 10.0 Å². The quantitative estimate of drug-likeness (QED) is 0.705. The summed E-state index contributed by atoms with van der Waals surface area (Å²) in [7, 11) is -3.61. The van der Waals surface area contributed by atoms with Crippen LogP contribution in [0, 0.1) is 5.41 Å². The minimum atomic E-state index is -3.61. The number of rotatable bonds is 8. The van der Waals surface area contributed by atoms with Crippen molar-refractivity contribution in [1.29, 1.82) is 0 Å². The lowest BCUT2D eigenvalue weighted by molar-refractivity contribution is -0.121. The SMILES string of the molecule is CC(NS(=O)(=O)c1ccc(CCC(=O)NCC(C)(C)C)cc1)c1ccccc1. The van der Waals surface area contributed by atoms with Crippen molar-refractivity contribution < 1.29 is 13.2 Å². The highest BCUT2D eigenvalue weighted by atomic mass is 32.2. The topological polar surface area (TPSA) is 75.3 Å². The third-order valence-corrected chi connectivity index (χ3v) is 5.88. The molecule has 0 aliphatic heterocycles. The van der Waals surface area contributed by atoms with Crippen molar-refractivity contribution in [3.63, 3.8) is 0 Å². The zero-order chi connectivity index (χ0) is 20.8. The van der Waals surface area contributed by atoms with Gasteiger partial charge in [0.2, 0.25) is 15.9 Å². The van der Waals surface area contributed by atoms with Crippen molar-refractivity contribution >= 4 is 15.9 Å². The predicted molar refractivity (Wildman–Crippen MR) is 112 cm³/mol. The van der Waals surface area contributed by atoms with E-state index >= 15 is 0 Å². The molecule has 0 aliphatic carbocycles. The fourth-order valence-corrected chi connectivity index (χ4v) is 3.89. The molecule has 0 aromatic heterocycles. The molecule has 0 aliphatic rings. The molecule has 0 bridgehead atoms. The summed E-state index contributed by atoms with van der Waals surface area (Å²) in [6.45, 7) is 8.66. The predicted octanol–water partition coefficient (Wildman–Crippen LogP) is 3.82. The van der Waals surface area contributed by atoms with E-state index in [9.17, 15) is 13.2 Å². The van der Waals surface area contributed by atoms with E-state index < -0.39 is 10.0 Å². The van der Waals surface area contributed by atoms with Gasteiger partial charge in [-0.1, -0.05) is 63.2 Å². The molecule has 0 spiro atoms. The Hall–Kier alpha value is -2.18. The molecule has 152 valence electrons. The second-order valence-corrected chi connectivity index (χ2v) is 9.95. The fraction of sp³-hybridized carbons (Fsp3) is 0.409. The van der Waals surface area contributed by atoms with Crippen molar-refractivity contribution in [2.75, 3.05) is 6.54 Å². The van der Waals surface area contributed by atoms with Crippen LogP contribution < -0.4 is 10.0 Å². The zero-order valence-electron chi connectivity index (χ0n) is 17.0. The maximum Gasteiger partial charge on any atom is 0.241 e. The lowest BCUT2D eigenvalue weighted by Crippen LogP contribution is -2.32. The summed E-state index contributed by atoms with van der Waals surface area (Å²) < 4.78 is 27.9. The first-order valence-corrected chi connectivity index (χ1v) is 11.0. The van der Waals surface area contributed by atoms with Gasteiger partial charge in [-0.3, -0.25) is 4.79 Å². The maximum absolute atomic E-state index is 12.6. The van der Waals surface area contributed by atoms with E-state index in [2.05, 4.69) is 30.8 Å². The minimum Gasteiger partial charge on any atom is -0.356 e. The van der Waals surface area contributed by atoms with E-state index in [0.29, 0.717) is 19.4 Å². The second kappa shape index (κ2) is 9.34. The van der Waals surface area contributed by atoms with E-state index in [-0.39, 0.29) is 22.3 Å². The van der Waals surface area contributed by atoms with Crippen LogP contribution in [0.2, 0.25) is 0 Å². The van der Waals surface area contributed by atoms with Crippen molar-refractivity contribution in [2.45, 2.75) is 51.5 Å². The number of carbonyl (C=O) groups is 1. The first-order valence-electron chi connectivity index (χ1n) is 9.50. The first kappa shape index (κ1) is 22.1. The Morgan fingerprint density at radius 3 is 2.18 bits per heavy atom. The Kier molecular flexibility index (Phi) is 7.38. The van der Waals surface area contributed by atoms with E-state index in [0.717, 1.165) is 11.1 Å². The third-order valence-electron chi connectivity index (χ3n) is 4.32. The van der Waals surface area contributed by atoms with Crippen LogP contribution in [0.5, 0.6) is 0 Å². The van der Waals surface area contributed by atoms with Crippen LogP contribution in [0.4, 0.5) is 0 Å². The Bertz CT molecular complexity index is 870. The van der Waals surface area contributed by atoms with Gasteiger partial charge >= 0.3 is 0 Å². The van der Waals surface area contributed by atoms with Gasteiger partial charge in [-0.05, 0) is 42.0 Å². The highest BCUT2D eigenvalue weighted by Crippen LogP contribution is 2.18. The number of nitrogens with one attached hydrogen (secondary N) is 2.